The third-order valence-corrected chi connectivity index (χ3v) is 6.16. The topological polar surface area (TPSA) is 63.7 Å². The summed E-state index contributed by atoms with van der Waals surface area (Å²) in [5.41, 5.74) is 0.930. The molecule has 1 fully saturated rings. The summed E-state index contributed by atoms with van der Waals surface area (Å²) < 4.78 is 61.5. The van der Waals surface area contributed by atoms with Gasteiger partial charge in [-0.25, -0.2) is 4.39 Å². The number of rotatable bonds is 9. The molecule has 1 aromatic heterocycles. The van der Waals surface area contributed by atoms with Gasteiger partial charge in [0.05, 0.1) is 11.7 Å². The molecule has 2 aromatic carbocycles. The molecule has 0 spiro atoms. The van der Waals surface area contributed by atoms with Crippen LogP contribution in [0.5, 0.6) is 11.5 Å². The number of hydrogen-bond donors (Lipinski definition) is 1. The third-order valence-electron chi connectivity index (χ3n) is 6.16. The van der Waals surface area contributed by atoms with E-state index in [4.69, 9.17) is 4.74 Å². The Morgan fingerprint density at radius 1 is 1.05 bits per heavy atom. The Morgan fingerprint density at radius 2 is 1.81 bits per heavy atom. The fraction of sp³-hybridized carbons (Fsp3) is 0.333. The minimum atomic E-state index is -4.82. The molecule has 10 heteroatoms. The molecule has 2 heterocycles. The second-order valence-corrected chi connectivity index (χ2v) is 8.71. The maximum atomic E-state index is 13.7. The zero-order chi connectivity index (χ0) is 26.3. The maximum absolute atomic E-state index is 13.7. The molecule has 3 aromatic rings. The van der Waals surface area contributed by atoms with Crippen LogP contribution in [0.3, 0.4) is 0 Å². The molecule has 0 unspecified atom stereocenters. The van der Waals surface area contributed by atoms with Gasteiger partial charge in [0.15, 0.2) is 11.6 Å². The Bertz CT molecular complexity index is 1170. The smallest absolute Gasteiger partial charge is 0.489 e. The van der Waals surface area contributed by atoms with Gasteiger partial charge in [-0.05, 0) is 67.9 Å². The van der Waals surface area contributed by atoms with E-state index in [9.17, 15) is 22.4 Å². The lowest BCUT2D eigenvalue weighted by Crippen LogP contribution is -2.43. The first kappa shape index (κ1) is 26.4. The van der Waals surface area contributed by atoms with E-state index in [1.807, 2.05) is 0 Å². The van der Waals surface area contributed by atoms with Gasteiger partial charge in [0, 0.05) is 18.7 Å². The summed E-state index contributed by atoms with van der Waals surface area (Å²) in [6, 6.07) is 16.2. The molecule has 37 heavy (non-hydrogen) atoms. The predicted octanol–water partition coefficient (Wildman–Crippen LogP) is 5.12. The van der Waals surface area contributed by atoms with E-state index in [2.05, 4.69) is 19.9 Å². The number of carbonyl (C=O) groups is 1. The Balaban J connectivity index is 1.35. The van der Waals surface area contributed by atoms with Gasteiger partial charge in [0.2, 0.25) is 5.91 Å². The number of piperidine rings is 1. The van der Waals surface area contributed by atoms with Crippen LogP contribution in [0.25, 0.3) is 0 Å². The molecule has 0 bridgehead atoms. The number of alkyl halides is 3. The van der Waals surface area contributed by atoms with Crippen LogP contribution in [0.15, 0.2) is 72.9 Å². The molecule has 1 saturated heterocycles. The van der Waals surface area contributed by atoms with Crippen LogP contribution in [0, 0.1) is 11.7 Å². The van der Waals surface area contributed by atoms with Crippen molar-refractivity contribution in [2.24, 2.45) is 5.92 Å². The van der Waals surface area contributed by atoms with Crippen LogP contribution in [0.1, 0.15) is 30.1 Å². The summed E-state index contributed by atoms with van der Waals surface area (Å²) in [6.45, 7) is 2.27. The average Bonchev–Trinajstić information content (AvgIpc) is 2.88. The van der Waals surface area contributed by atoms with Crippen LogP contribution in [0.4, 0.5) is 17.6 Å². The number of nitrogens with zero attached hydrogens (tertiary/aromatic N) is 2. The van der Waals surface area contributed by atoms with Crippen molar-refractivity contribution in [2.45, 2.75) is 25.2 Å². The van der Waals surface area contributed by atoms with Gasteiger partial charge in [0.25, 0.3) is 0 Å². The summed E-state index contributed by atoms with van der Waals surface area (Å²) in [6.07, 6.45) is -2.04. The van der Waals surface area contributed by atoms with Gasteiger partial charge in [-0.1, -0.05) is 30.3 Å². The second-order valence-electron chi connectivity index (χ2n) is 8.71. The molecule has 1 amide bonds. The monoisotopic (exact) mass is 517 g/mol. The molecule has 0 radical (unpaired) electrons. The highest BCUT2D eigenvalue weighted by Crippen LogP contribution is 2.29. The van der Waals surface area contributed by atoms with Crippen molar-refractivity contribution in [2.75, 3.05) is 26.2 Å². The summed E-state index contributed by atoms with van der Waals surface area (Å²) in [5.74, 6) is -1.02. The molecular formula is C27H27F4N3O3. The predicted molar refractivity (Wildman–Crippen MR) is 128 cm³/mol. The van der Waals surface area contributed by atoms with E-state index in [1.54, 1.807) is 48.7 Å². The molecular weight excluding hydrogens is 490 g/mol. The maximum Gasteiger partial charge on any atom is 0.573 e. The fourth-order valence-corrected chi connectivity index (χ4v) is 4.29. The van der Waals surface area contributed by atoms with Crippen LogP contribution in [0.2, 0.25) is 0 Å². The summed E-state index contributed by atoms with van der Waals surface area (Å²) in [5, 5.41) is 2.97. The Hall–Kier alpha value is -3.66. The summed E-state index contributed by atoms with van der Waals surface area (Å²) >= 11 is 0. The fourth-order valence-electron chi connectivity index (χ4n) is 4.29. The molecule has 1 aliphatic rings. The molecule has 6 nitrogen and oxygen atoms in total. The van der Waals surface area contributed by atoms with Crippen LogP contribution >= 0.6 is 0 Å². The highest BCUT2D eigenvalue weighted by molar-refractivity contribution is 5.79. The second kappa shape index (κ2) is 12.1. The van der Waals surface area contributed by atoms with Crippen LogP contribution in [-0.4, -0.2) is 48.4 Å². The number of carbonyl (C=O) groups excluding carboxylic acids is 1. The number of amides is 1. The number of aromatic nitrogens is 1. The lowest BCUT2D eigenvalue weighted by molar-refractivity contribution is -0.274. The van der Waals surface area contributed by atoms with Gasteiger partial charge in [-0.2, -0.15) is 0 Å². The number of likely N-dealkylation sites (tertiary alicyclic amines) is 1. The highest BCUT2D eigenvalue weighted by atomic mass is 19.4. The first-order chi connectivity index (χ1) is 17.8. The van der Waals surface area contributed by atoms with Crippen molar-refractivity contribution >= 4 is 5.91 Å². The minimum absolute atomic E-state index is 0.194. The van der Waals surface area contributed by atoms with E-state index in [0.717, 1.165) is 0 Å². The first-order valence-corrected chi connectivity index (χ1v) is 12.0. The normalized spacial score (nSPS) is 15.7. The van der Waals surface area contributed by atoms with Crippen LogP contribution in [-0.2, 0) is 4.79 Å². The summed E-state index contributed by atoms with van der Waals surface area (Å²) in [4.78, 5) is 19.6. The largest absolute Gasteiger partial charge is 0.573 e. The molecule has 0 saturated carbocycles. The zero-order valence-corrected chi connectivity index (χ0v) is 20.0. The number of hydrogen-bond acceptors (Lipinski definition) is 5. The SMILES string of the molecule is O=C(N[C@@H](c1cccc(OC(F)(F)F)c1)c1ccccn1)C1CCN(CCOc2ccccc2F)CC1. The minimum Gasteiger partial charge on any atom is -0.489 e. The molecule has 0 aliphatic carbocycles. The van der Waals surface area contributed by atoms with E-state index in [1.165, 1.54) is 24.3 Å². The molecule has 1 atom stereocenters. The number of pyridine rings is 1. The number of halogens is 4. The van der Waals surface area contributed by atoms with Gasteiger partial charge in [-0.15, -0.1) is 13.2 Å². The van der Waals surface area contributed by atoms with Crippen molar-refractivity contribution < 1.29 is 31.8 Å². The van der Waals surface area contributed by atoms with Crippen LogP contribution < -0.4 is 14.8 Å². The number of para-hydroxylation sites is 1. The third kappa shape index (κ3) is 7.66. The van der Waals surface area contributed by atoms with E-state index in [0.29, 0.717) is 50.3 Å². The number of nitrogens with one attached hydrogen (secondary N) is 1. The van der Waals surface area contributed by atoms with Crippen molar-refractivity contribution in [3.63, 3.8) is 0 Å². The zero-order valence-electron chi connectivity index (χ0n) is 20.0. The Morgan fingerprint density at radius 3 is 2.51 bits per heavy atom. The highest BCUT2D eigenvalue weighted by Gasteiger charge is 2.32. The summed E-state index contributed by atoms with van der Waals surface area (Å²) in [7, 11) is 0. The molecule has 196 valence electrons. The molecule has 4 rings (SSSR count). The lowest BCUT2D eigenvalue weighted by atomic mass is 9.94. The van der Waals surface area contributed by atoms with Crippen molar-refractivity contribution in [3.8, 4) is 11.5 Å². The van der Waals surface area contributed by atoms with Crippen molar-refractivity contribution in [1.82, 2.24) is 15.2 Å². The van der Waals surface area contributed by atoms with E-state index < -0.39 is 18.2 Å². The first-order valence-electron chi connectivity index (χ1n) is 12.0. The quantitative estimate of drug-likeness (QED) is 0.400. The van der Waals surface area contributed by atoms with Crippen molar-refractivity contribution in [3.05, 3.63) is 90.0 Å². The van der Waals surface area contributed by atoms with E-state index in [-0.39, 0.29) is 23.3 Å². The standard InChI is InChI=1S/C27H27F4N3O3/c28-22-8-1-2-10-24(22)36-17-16-34-14-11-19(12-15-34)26(35)33-25(23-9-3-4-13-32-23)20-6-5-7-21(18-20)37-27(29,30)31/h1-10,13,18-19,25H,11-12,14-17H2,(H,33,35)/t25-/m0/s1. The molecule has 1 N–H and O–H groups in total. The number of benzene rings is 2. The Kier molecular flexibility index (Phi) is 8.60. The van der Waals surface area contributed by atoms with E-state index >= 15 is 0 Å². The van der Waals surface area contributed by atoms with Crippen molar-refractivity contribution in [1.29, 1.82) is 0 Å². The van der Waals surface area contributed by atoms with Gasteiger partial charge >= 0.3 is 6.36 Å². The molecule has 1 aliphatic heterocycles. The van der Waals surface area contributed by atoms with Gasteiger partial charge < -0.3 is 14.8 Å². The van der Waals surface area contributed by atoms with Gasteiger partial charge in [-0.3, -0.25) is 14.7 Å². The number of ether oxygens (including phenoxy) is 2. The lowest BCUT2D eigenvalue weighted by Gasteiger charge is -2.32. The van der Waals surface area contributed by atoms with Gasteiger partial charge in [0.1, 0.15) is 12.4 Å². The Labute approximate surface area is 212 Å². The average molecular weight is 518 g/mol.